The van der Waals surface area contributed by atoms with Crippen molar-refractivity contribution in [1.82, 2.24) is 24.4 Å². The van der Waals surface area contributed by atoms with Gasteiger partial charge in [-0.15, -0.1) is 11.3 Å². The summed E-state index contributed by atoms with van der Waals surface area (Å²) in [4.78, 5) is 45.6. The van der Waals surface area contributed by atoms with E-state index >= 15 is 0 Å². The molecule has 0 spiro atoms. The normalized spacial score (nSPS) is 19.0. The molecule has 7 N–H and O–H groups in total. The number of amides is 2. The van der Waals surface area contributed by atoms with Gasteiger partial charge < -0.3 is 26.7 Å². The number of nitrogen functional groups attached to an aromatic ring is 2. The van der Waals surface area contributed by atoms with Crippen molar-refractivity contribution in [2.45, 2.75) is 38.1 Å². The maximum Gasteiger partial charge on any atom is 0.362 e. The number of nitrogens with zero attached hydrogens (tertiary/aromatic N) is 5. The van der Waals surface area contributed by atoms with Gasteiger partial charge in [0.2, 0.25) is 5.60 Å². The number of thiazole rings is 1. The quantitative estimate of drug-likeness (QED) is 0.108. The number of carboxylic acid groups (broad SMARTS) is 1. The van der Waals surface area contributed by atoms with Gasteiger partial charge in [-0.3, -0.25) is 18.8 Å². The molecule has 2 atom stereocenters. The van der Waals surface area contributed by atoms with Crippen molar-refractivity contribution in [2.75, 3.05) is 11.5 Å². The number of nitrogens with one attached hydrogen (secondary N) is 1. The molecule has 0 unspecified atom stereocenters. The van der Waals surface area contributed by atoms with Crippen LogP contribution in [0.15, 0.2) is 22.9 Å². The van der Waals surface area contributed by atoms with Crippen molar-refractivity contribution in [1.29, 1.82) is 0 Å². The van der Waals surface area contributed by atoms with Crippen LogP contribution in [0.1, 0.15) is 19.5 Å². The first-order valence-corrected chi connectivity index (χ1v) is 11.6. The summed E-state index contributed by atoms with van der Waals surface area (Å²) in [6, 6.07) is -2.68. The zero-order valence-electron chi connectivity index (χ0n) is 17.6. The van der Waals surface area contributed by atoms with Crippen molar-refractivity contribution in [3.05, 3.63) is 23.5 Å². The van der Waals surface area contributed by atoms with Crippen LogP contribution >= 0.6 is 11.3 Å². The molecule has 184 valence electrons. The minimum absolute atomic E-state index is 0.0689. The lowest BCUT2D eigenvalue weighted by Gasteiger charge is -2.44. The van der Waals surface area contributed by atoms with Crippen LogP contribution in [0.3, 0.4) is 0 Å². The van der Waals surface area contributed by atoms with Crippen LogP contribution < -0.4 is 16.8 Å². The molecule has 3 heterocycles. The van der Waals surface area contributed by atoms with Crippen molar-refractivity contribution in [3.8, 4) is 0 Å². The molecule has 0 bridgehead atoms. The number of hydrogen-bond donors (Lipinski definition) is 5. The summed E-state index contributed by atoms with van der Waals surface area (Å²) >= 11 is 0.960. The lowest BCUT2D eigenvalue weighted by Crippen LogP contribution is -2.73. The van der Waals surface area contributed by atoms with E-state index in [4.69, 9.17) is 16.3 Å². The summed E-state index contributed by atoms with van der Waals surface area (Å²) in [6.07, 6.45) is 2.64. The molecule has 1 fully saturated rings. The van der Waals surface area contributed by atoms with Crippen LogP contribution in [0.25, 0.3) is 0 Å². The van der Waals surface area contributed by atoms with E-state index in [1.165, 1.54) is 36.3 Å². The van der Waals surface area contributed by atoms with E-state index in [9.17, 15) is 32.5 Å². The van der Waals surface area contributed by atoms with E-state index in [-0.39, 0.29) is 27.4 Å². The first-order chi connectivity index (χ1) is 15.7. The molecule has 34 heavy (non-hydrogen) atoms. The van der Waals surface area contributed by atoms with Crippen LogP contribution in [-0.4, -0.2) is 78.3 Å². The summed E-state index contributed by atoms with van der Waals surface area (Å²) < 4.78 is 34.2. The lowest BCUT2D eigenvalue weighted by molar-refractivity contribution is -0.161. The fourth-order valence-corrected chi connectivity index (χ4v) is 4.24. The molecule has 2 amide bonds. The molecule has 16 nitrogen and oxygen atoms in total. The zero-order chi connectivity index (χ0) is 25.4. The van der Waals surface area contributed by atoms with Gasteiger partial charge in [0.25, 0.3) is 11.8 Å². The highest BCUT2D eigenvalue weighted by Crippen LogP contribution is 2.26. The third-order valence-corrected chi connectivity index (χ3v) is 6.21. The summed E-state index contributed by atoms with van der Waals surface area (Å²) in [5.41, 5.74) is 9.04. The van der Waals surface area contributed by atoms with Crippen LogP contribution in [0, 0.1) is 0 Å². The second-order valence-corrected chi connectivity index (χ2v) is 9.72. The summed E-state index contributed by atoms with van der Waals surface area (Å²) in [5.74, 6) is -3.53. The Morgan fingerprint density at radius 2 is 2.06 bits per heavy atom. The zero-order valence-corrected chi connectivity index (χ0v) is 19.3. The first-order valence-electron chi connectivity index (χ1n) is 9.31. The van der Waals surface area contributed by atoms with Gasteiger partial charge in [-0.1, -0.05) is 5.16 Å². The molecule has 0 aromatic carbocycles. The predicted octanol–water partition coefficient (Wildman–Crippen LogP) is -1.71. The Balaban J connectivity index is 1.89. The Kier molecular flexibility index (Phi) is 6.49. The molecular formula is C16H20N8O8S2. The first kappa shape index (κ1) is 24.9. The topological polar surface area (TPSA) is 245 Å². The van der Waals surface area contributed by atoms with Gasteiger partial charge in [-0.25, -0.2) is 14.1 Å². The Morgan fingerprint density at radius 3 is 2.56 bits per heavy atom. The van der Waals surface area contributed by atoms with Crippen molar-refractivity contribution in [3.63, 3.8) is 0 Å². The van der Waals surface area contributed by atoms with Gasteiger partial charge in [0.05, 0.1) is 24.5 Å². The monoisotopic (exact) mass is 516 g/mol. The molecule has 0 aliphatic carbocycles. The van der Waals surface area contributed by atoms with E-state index in [1.807, 2.05) is 0 Å². The van der Waals surface area contributed by atoms with E-state index < -0.39 is 51.5 Å². The van der Waals surface area contributed by atoms with Crippen LogP contribution in [-0.2, 0) is 36.1 Å². The highest BCUT2D eigenvalue weighted by atomic mass is 32.2. The molecule has 0 saturated carbocycles. The molecule has 2 aromatic rings. The number of oxime groups is 1. The number of β-lactam (4-membered cyclic amide) rings is 1. The standard InChI is InChI=1S/C16H20N8O8S2/c1-16(2,14(27)28)32-22-10(8-6-33-15(18)20-8)12(25)21-11-9(5-23-4-7(17)3-19-23)24(13(11)26)34(29,30)31/h3-4,6,9,11H,5,17H2,1-2H3,(H2,18,20)(H,21,25)(H,27,28)(H,29,30,31)/b22-10-/t9-,11+/m1/s1. The SMILES string of the molecule is CC(C)(O/N=C(\C(=O)N[C@@H]1C(=O)N(S(=O)(=O)O)[C@@H]1Cn1cc(N)cn1)c1csc(N)n1)C(=O)O. The average Bonchev–Trinajstić information content (AvgIpc) is 3.32. The second kappa shape index (κ2) is 8.88. The Bertz CT molecular complexity index is 1270. The number of anilines is 2. The smallest absolute Gasteiger partial charge is 0.362 e. The van der Waals surface area contributed by atoms with Gasteiger partial charge in [0.15, 0.2) is 10.8 Å². The number of carbonyl (C=O) groups is 3. The number of carbonyl (C=O) groups excluding carboxylic acids is 2. The van der Waals surface area contributed by atoms with E-state index in [0.29, 0.717) is 0 Å². The Hall–Kier alpha value is -3.77. The molecule has 1 aliphatic heterocycles. The Labute approximate surface area is 196 Å². The van der Waals surface area contributed by atoms with Crippen molar-refractivity contribution in [2.24, 2.45) is 5.16 Å². The fraction of sp³-hybridized carbons (Fsp3) is 0.375. The Morgan fingerprint density at radius 1 is 1.38 bits per heavy atom. The summed E-state index contributed by atoms with van der Waals surface area (Å²) in [6.45, 7) is 2.14. The maximum absolute atomic E-state index is 13.0. The fourth-order valence-electron chi connectivity index (χ4n) is 2.82. The third kappa shape index (κ3) is 5.07. The number of aliphatic carboxylic acids is 1. The van der Waals surface area contributed by atoms with Crippen molar-refractivity contribution < 1.29 is 37.3 Å². The predicted molar refractivity (Wildman–Crippen MR) is 117 cm³/mol. The lowest BCUT2D eigenvalue weighted by atomic mass is 9.98. The van der Waals surface area contributed by atoms with Gasteiger partial charge in [-0.05, 0) is 13.8 Å². The molecule has 18 heteroatoms. The van der Waals surface area contributed by atoms with Gasteiger partial charge in [0, 0.05) is 11.6 Å². The largest absolute Gasteiger partial charge is 0.478 e. The molecule has 1 aliphatic rings. The van der Waals surface area contributed by atoms with E-state index in [2.05, 4.69) is 20.6 Å². The number of rotatable bonds is 9. The highest BCUT2D eigenvalue weighted by Gasteiger charge is 2.54. The number of nitrogens with two attached hydrogens (primary N) is 2. The minimum Gasteiger partial charge on any atom is -0.478 e. The molecule has 0 radical (unpaired) electrons. The number of aromatic nitrogens is 3. The van der Waals surface area contributed by atoms with E-state index in [1.54, 1.807) is 0 Å². The molecular weight excluding hydrogens is 496 g/mol. The highest BCUT2D eigenvalue weighted by molar-refractivity contribution is 7.84. The summed E-state index contributed by atoms with van der Waals surface area (Å²) in [7, 11) is -4.94. The maximum atomic E-state index is 13.0. The number of hydrogen-bond acceptors (Lipinski definition) is 12. The minimum atomic E-state index is -4.94. The van der Waals surface area contributed by atoms with Crippen molar-refractivity contribution >= 4 is 56.0 Å². The third-order valence-electron chi connectivity index (χ3n) is 4.59. The average molecular weight is 517 g/mol. The van der Waals surface area contributed by atoms with Crippen LogP contribution in [0.4, 0.5) is 10.8 Å². The van der Waals surface area contributed by atoms with E-state index in [0.717, 1.165) is 11.3 Å². The summed E-state index contributed by atoms with van der Waals surface area (Å²) in [5, 5.41) is 20.4. The van der Waals surface area contributed by atoms with Crippen LogP contribution in [0.2, 0.25) is 0 Å². The molecule has 3 rings (SSSR count). The van der Waals surface area contributed by atoms with Gasteiger partial charge in [0.1, 0.15) is 11.7 Å². The van der Waals surface area contributed by atoms with Crippen LogP contribution in [0.5, 0.6) is 0 Å². The number of carboxylic acids is 1. The molecule has 2 aromatic heterocycles. The second-order valence-electron chi connectivity index (χ2n) is 7.54. The van der Waals surface area contributed by atoms with Gasteiger partial charge in [-0.2, -0.15) is 13.5 Å². The van der Waals surface area contributed by atoms with Gasteiger partial charge >= 0.3 is 16.3 Å². The molecule has 1 saturated heterocycles.